The van der Waals surface area contributed by atoms with E-state index < -0.39 is 0 Å². The second kappa shape index (κ2) is 3.21. The lowest BCUT2D eigenvalue weighted by atomic mass is 10.1. The fraction of sp³-hybridized carbons (Fsp3) is 0.125. The first-order valence-corrected chi connectivity index (χ1v) is 3.45. The highest BCUT2D eigenvalue weighted by Crippen LogP contribution is 2.08. The molecular formula is C8H10FN3. The topological polar surface area (TPSA) is 64.4 Å². The summed E-state index contributed by atoms with van der Waals surface area (Å²) in [5.74, 6) is 4.91. The van der Waals surface area contributed by atoms with E-state index >= 15 is 0 Å². The third-order valence-electron chi connectivity index (χ3n) is 1.59. The molecule has 0 aliphatic heterocycles. The summed E-state index contributed by atoms with van der Waals surface area (Å²) in [6, 6.07) is 4.47. The van der Waals surface area contributed by atoms with Gasteiger partial charge in [0.05, 0.1) is 0 Å². The van der Waals surface area contributed by atoms with Crippen molar-refractivity contribution in [2.75, 3.05) is 0 Å². The highest BCUT2D eigenvalue weighted by atomic mass is 19.1. The molecule has 4 heteroatoms. The zero-order valence-electron chi connectivity index (χ0n) is 6.71. The molecule has 0 fully saturated rings. The highest BCUT2D eigenvalue weighted by molar-refractivity contribution is 5.97. The second-order valence-electron chi connectivity index (χ2n) is 2.48. The first-order chi connectivity index (χ1) is 5.65. The Labute approximate surface area is 69.9 Å². The van der Waals surface area contributed by atoms with E-state index in [1.165, 1.54) is 12.1 Å². The first-order valence-electron chi connectivity index (χ1n) is 3.45. The molecule has 1 aromatic rings. The fourth-order valence-corrected chi connectivity index (χ4v) is 0.879. The van der Waals surface area contributed by atoms with Gasteiger partial charge in [-0.1, -0.05) is 0 Å². The van der Waals surface area contributed by atoms with E-state index in [0.29, 0.717) is 11.1 Å². The molecule has 4 N–H and O–H groups in total. The quantitative estimate of drug-likeness (QED) is 0.280. The van der Waals surface area contributed by atoms with Crippen molar-refractivity contribution in [3.8, 4) is 0 Å². The summed E-state index contributed by atoms with van der Waals surface area (Å²) in [5.41, 5.74) is 6.58. The third kappa shape index (κ3) is 1.53. The molecular weight excluding hydrogens is 157 g/mol. The van der Waals surface area contributed by atoms with E-state index in [4.69, 9.17) is 11.6 Å². The van der Waals surface area contributed by atoms with Crippen LogP contribution in [-0.2, 0) is 0 Å². The summed E-state index contributed by atoms with van der Waals surface area (Å²) in [6.45, 7) is 1.66. The van der Waals surface area contributed by atoms with E-state index in [1.807, 2.05) is 0 Å². The number of amidine groups is 1. The first kappa shape index (κ1) is 8.52. The Balaban J connectivity index is 3.13. The number of benzene rings is 1. The molecule has 64 valence electrons. The maximum Gasteiger partial charge on any atom is 0.150 e. The summed E-state index contributed by atoms with van der Waals surface area (Å²) >= 11 is 0. The van der Waals surface area contributed by atoms with Crippen LogP contribution in [-0.4, -0.2) is 5.84 Å². The van der Waals surface area contributed by atoms with E-state index in [0.717, 1.165) is 0 Å². The molecule has 0 aliphatic rings. The van der Waals surface area contributed by atoms with Crippen LogP contribution in [0.3, 0.4) is 0 Å². The van der Waals surface area contributed by atoms with Crippen molar-refractivity contribution in [2.24, 2.45) is 16.7 Å². The van der Waals surface area contributed by atoms with Crippen molar-refractivity contribution >= 4 is 5.84 Å². The van der Waals surface area contributed by atoms with Gasteiger partial charge in [0.1, 0.15) is 11.7 Å². The molecule has 0 bridgehead atoms. The lowest BCUT2D eigenvalue weighted by Gasteiger charge is -2.00. The van der Waals surface area contributed by atoms with Gasteiger partial charge in [0.15, 0.2) is 0 Å². The normalized spacial score (nSPS) is 11.7. The van der Waals surface area contributed by atoms with Gasteiger partial charge in [-0.25, -0.2) is 4.39 Å². The van der Waals surface area contributed by atoms with Crippen LogP contribution in [0.2, 0.25) is 0 Å². The monoisotopic (exact) mass is 167 g/mol. The molecule has 0 amide bonds. The average molecular weight is 167 g/mol. The Bertz CT molecular complexity index is 320. The summed E-state index contributed by atoms with van der Waals surface area (Å²) in [4.78, 5) is 0. The number of aryl methyl sites for hydroxylation is 1. The van der Waals surface area contributed by atoms with E-state index in [-0.39, 0.29) is 11.7 Å². The predicted molar refractivity (Wildman–Crippen MR) is 46.0 cm³/mol. The van der Waals surface area contributed by atoms with E-state index in [1.54, 1.807) is 13.0 Å². The summed E-state index contributed by atoms with van der Waals surface area (Å²) in [6.07, 6.45) is 0. The Morgan fingerprint density at radius 2 is 2.17 bits per heavy atom. The van der Waals surface area contributed by atoms with Gasteiger partial charge in [0, 0.05) is 5.56 Å². The maximum absolute atomic E-state index is 12.8. The summed E-state index contributed by atoms with van der Waals surface area (Å²) in [5, 5.41) is 3.30. The Kier molecular flexibility index (Phi) is 2.28. The number of hydrogen-bond donors (Lipinski definition) is 2. The van der Waals surface area contributed by atoms with Crippen LogP contribution in [0.5, 0.6) is 0 Å². The molecule has 0 atom stereocenters. The van der Waals surface area contributed by atoms with Gasteiger partial charge in [0.2, 0.25) is 0 Å². The molecule has 3 nitrogen and oxygen atoms in total. The van der Waals surface area contributed by atoms with Gasteiger partial charge in [-0.05, 0) is 30.7 Å². The predicted octanol–water partition coefficient (Wildman–Crippen LogP) is 0.713. The summed E-state index contributed by atoms with van der Waals surface area (Å²) < 4.78 is 12.8. The number of hydrazone groups is 1. The van der Waals surface area contributed by atoms with Gasteiger partial charge < -0.3 is 11.6 Å². The second-order valence-corrected chi connectivity index (χ2v) is 2.48. The molecule has 0 saturated heterocycles. The summed E-state index contributed by atoms with van der Waals surface area (Å²) in [7, 11) is 0. The van der Waals surface area contributed by atoms with E-state index in [2.05, 4.69) is 5.10 Å². The average Bonchev–Trinajstić information content (AvgIpc) is 2.08. The molecule has 12 heavy (non-hydrogen) atoms. The molecule has 0 unspecified atom stereocenters. The SMILES string of the molecule is Cc1cc(/C(N)=N/N)ccc1F. The van der Waals surface area contributed by atoms with Crippen LogP contribution in [0.1, 0.15) is 11.1 Å². The molecule has 0 radical (unpaired) electrons. The van der Waals surface area contributed by atoms with Gasteiger partial charge in [-0.2, -0.15) is 5.10 Å². The van der Waals surface area contributed by atoms with Gasteiger partial charge in [0.25, 0.3) is 0 Å². The molecule has 0 spiro atoms. The number of rotatable bonds is 1. The number of halogens is 1. The van der Waals surface area contributed by atoms with Crippen molar-refractivity contribution < 1.29 is 4.39 Å². The number of nitrogens with two attached hydrogens (primary N) is 2. The van der Waals surface area contributed by atoms with Crippen molar-refractivity contribution in [3.05, 3.63) is 35.1 Å². The smallest absolute Gasteiger partial charge is 0.150 e. The molecule has 0 heterocycles. The Morgan fingerprint density at radius 3 is 2.67 bits per heavy atom. The van der Waals surface area contributed by atoms with Crippen LogP contribution in [0.4, 0.5) is 4.39 Å². The minimum atomic E-state index is -0.261. The van der Waals surface area contributed by atoms with Crippen molar-refractivity contribution in [1.29, 1.82) is 0 Å². The maximum atomic E-state index is 12.8. The zero-order valence-corrected chi connectivity index (χ0v) is 6.71. The largest absolute Gasteiger partial charge is 0.382 e. The van der Waals surface area contributed by atoms with Crippen LogP contribution in [0.15, 0.2) is 23.3 Å². The Morgan fingerprint density at radius 1 is 1.50 bits per heavy atom. The van der Waals surface area contributed by atoms with Crippen LogP contribution < -0.4 is 11.6 Å². The standard InChI is InChI=1S/C8H10FN3/c1-5-4-6(8(10)12-11)2-3-7(5)9/h2-4H,11H2,1H3,(H2,10,12). The molecule has 0 aromatic heterocycles. The van der Waals surface area contributed by atoms with Gasteiger partial charge >= 0.3 is 0 Å². The minimum Gasteiger partial charge on any atom is -0.382 e. The minimum absolute atomic E-state index is 0.207. The number of nitrogens with zero attached hydrogens (tertiary/aromatic N) is 1. The Hall–Kier alpha value is -1.58. The fourth-order valence-electron chi connectivity index (χ4n) is 0.879. The molecule has 1 rings (SSSR count). The molecule has 1 aromatic carbocycles. The number of hydrogen-bond acceptors (Lipinski definition) is 2. The van der Waals surface area contributed by atoms with E-state index in [9.17, 15) is 4.39 Å². The molecule has 0 saturated carbocycles. The lowest BCUT2D eigenvalue weighted by molar-refractivity contribution is 0.618. The zero-order chi connectivity index (χ0) is 9.14. The highest BCUT2D eigenvalue weighted by Gasteiger charge is 2.01. The van der Waals surface area contributed by atoms with Gasteiger partial charge in [-0.15, -0.1) is 0 Å². The lowest BCUT2D eigenvalue weighted by Crippen LogP contribution is -2.15. The van der Waals surface area contributed by atoms with Crippen molar-refractivity contribution in [3.63, 3.8) is 0 Å². The molecule has 0 aliphatic carbocycles. The van der Waals surface area contributed by atoms with Crippen LogP contribution >= 0.6 is 0 Å². The van der Waals surface area contributed by atoms with Crippen molar-refractivity contribution in [2.45, 2.75) is 6.92 Å². The van der Waals surface area contributed by atoms with Gasteiger partial charge in [-0.3, -0.25) is 0 Å². The van der Waals surface area contributed by atoms with Crippen molar-refractivity contribution in [1.82, 2.24) is 0 Å². The van der Waals surface area contributed by atoms with Crippen LogP contribution in [0.25, 0.3) is 0 Å². The third-order valence-corrected chi connectivity index (χ3v) is 1.59. The van der Waals surface area contributed by atoms with Crippen LogP contribution in [0, 0.1) is 12.7 Å².